The molecule has 9 heteroatoms. The molecule has 1 aliphatic rings. The fourth-order valence-electron chi connectivity index (χ4n) is 3.44. The smallest absolute Gasteiger partial charge is 0.291 e. The number of amidine groups is 1. The maximum Gasteiger partial charge on any atom is 0.291 e. The van der Waals surface area contributed by atoms with Crippen molar-refractivity contribution in [3.63, 3.8) is 0 Å². The molecule has 2 atom stereocenters. The van der Waals surface area contributed by atoms with E-state index in [0.29, 0.717) is 22.5 Å². The molecule has 34 heavy (non-hydrogen) atoms. The van der Waals surface area contributed by atoms with Gasteiger partial charge in [-0.1, -0.05) is 36.4 Å². The van der Waals surface area contributed by atoms with Gasteiger partial charge in [0, 0.05) is 22.7 Å². The summed E-state index contributed by atoms with van der Waals surface area (Å²) in [6, 6.07) is 19.4. The number of carbonyl (C=O) groups excluding carboxylic acids is 1. The van der Waals surface area contributed by atoms with Crippen LogP contribution in [0.15, 0.2) is 82.8 Å². The van der Waals surface area contributed by atoms with Crippen molar-refractivity contribution >= 4 is 29.2 Å². The second-order valence-corrected chi connectivity index (χ2v) is 7.71. The molecule has 6 N–H and O–H groups in total. The SMILES string of the molecule is CC(N)c1cccc(C2=NC(/N=C(\N)OC(=N)c3ccc(F)cc3)C(=O)Nc3ccccc32)c1. The van der Waals surface area contributed by atoms with E-state index in [1.807, 2.05) is 43.3 Å². The number of halogens is 1. The van der Waals surface area contributed by atoms with Crippen LogP contribution in [0.3, 0.4) is 0 Å². The quantitative estimate of drug-likeness (QED) is 0.352. The van der Waals surface area contributed by atoms with Crippen LogP contribution < -0.4 is 16.8 Å². The summed E-state index contributed by atoms with van der Waals surface area (Å²) >= 11 is 0. The van der Waals surface area contributed by atoms with E-state index in [2.05, 4.69) is 15.3 Å². The highest BCUT2D eigenvalue weighted by Gasteiger charge is 2.26. The van der Waals surface area contributed by atoms with Crippen molar-refractivity contribution in [3.05, 3.63) is 101 Å². The number of rotatable bonds is 4. The molecule has 1 amide bonds. The van der Waals surface area contributed by atoms with E-state index in [1.165, 1.54) is 24.3 Å². The van der Waals surface area contributed by atoms with Crippen molar-refractivity contribution in [2.45, 2.75) is 19.1 Å². The lowest BCUT2D eigenvalue weighted by molar-refractivity contribution is -0.117. The molecule has 1 heterocycles. The number of benzodiazepines with no additional fused rings is 1. The molecule has 0 aliphatic carbocycles. The number of nitrogens with two attached hydrogens (primary N) is 2. The van der Waals surface area contributed by atoms with E-state index in [0.717, 1.165) is 11.1 Å². The Morgan fingerprint density at radius 3 is 2.62 bits per heavy atom. The molecule has 0 fully saturated rings. The number of anilines is 1. The Balaban J connectivity index is 1.70. The summed E-state index contributed by atoms with van der Waals surface area (Å²) in [5.41, 5.74) is 15.7. The van der Waals surface area contributed by atoms with Gasteiger partial charge in [0.1, 0.15) is 5.82 Å². The average molecular weight is 458 g/mol. The van der Waals surface area contributed by atoms with Crippen molar-refractivity contribution in [3.8, 4) is 0 Å². The predicted molar refractivity (Wildman–Crippen MR) is 129 cm³/mol. The fraction of sp³-hybridized carbons (Fsp3) is 0.120. The molecule has 0 saturated heterocycles. The van der Waals surface area contributed by atoms with Gasteiger partial charge in [0.2, 0.25) is 12.1 Å². The molecular weight excluding hydrogens is 435 g/mol. The first-order valence-corrected chi connectivity index (χ1v) is 10.5. The number of para-hydroxylation sites is 1. The molecule has 0 aromatic heterocycles. The number of carbonyl (C=O) groups is 1. The summed E-state index contributed by atoms with van der Waals surface area (Å²) in [6.45, 7) is 1.88. The highest BCUT2D eigenvalue weighted by molar-refractivity contribution is 6.19. The van der Waals surface area contributed by atoms with Crippen molar-refractivity contribution in [2.24, 2.45) is 21.5 Å². The molecular formula is C25H23FN6O2. The Kier molecular flexibility index (Phi) is 6.46. The Bertz CT molecular complexity index is 1300. The highest BCUT2D eigenvalue weighted by Crippen LogP contribution is 2.25. The lowest BCUT2D eigenvalue weighted by Gasteiger charge is -2.12. The maximum atomic E-state index is 13.1. The highest BCUT2D eigenvalue weighted by atomic mass is 19.1. The number of nitrogens with zero attached hydrogens (tertiary/aromatic N) is 2. The Morgan fingerprint density at radius 1 is 1.15 bits per heavy atom. The second-order valence-electron chi connectivity index (χ2n) is 7.71. The summed E-state index contributed by atoms with van der Waals surface area (Å²) in [6.07, 6.45) is -1.26. The summed E-state index contributed by atoms with van der Waals surface area (Å²) in [7, 11) is 0. The zero-order chi connectivity index (χ0) is 24.2. The summed E-state index contributed by atoms with van der Waals surface area (Å²) in [4.78, 5) is 21.6. The number of amides is 1. The lowest BCUT2D eigenvalue weighted by atomic mass is 9.97. The van der Waals surface area contributed by atoms with Crippen LogP contribution in [0, 0.1) is 11.2 Å². The predicted octanol–water partition coefficient (Wildman–Crippen LogP) is 3.32. The van der Waals surface area contributed by atoms with Crippen LogP contribution in [0.4, 0.5) is 10.1 Å². The Hall–Kier alpha value is -4.37. The van der Waals surface area contributed by atoms with Crippen molar-refractivity contribution in [2.75, 3.05) is 5.32 Å². The van der Waals surface area contributed by atoms with Crippen LogP contribution in [0.5, 0.6) is 0 Å². The fourth-order valence-corrected chi connectivity index (χ4v) is 3.44. The van der Waals surface area contributed by atoms with E-state index < -0.39 is 23.9 Å². The molecule has 172 valence electrons. The number of benzene rings is 3. The van der Waals surface area contributed by atoms with Gasteiger partial charge in [-0.2, -0.15) is 4.99 Å². The third-order valence-corrected chi connectivity index (χ3v) is 5.17. The van der Waals surface area contributed by atoms with Crippen LogP contribution in [0.25, 0.3) is 0 Å². The van der Waals surface area contributed by atoms with E-state index in [4.69, 9.17) is 21.6 Å². The molecule has 3 aromatic rings. The third kappa shape index (κ3) is 5.00. The largest absolute Gasteiger partial charge is 0.407 e. The molecule has 4 rings (SSSR count). The molecule has 8 nitrogen and oxygen atoms in total. The van der Waals surface area contributed by atoms with Crippen LogP contribution in [0.2, 0.25) is 0 Å². The van der Waals surface area contributed by atoms with Gasteiger partial charge in [0.05, 0.1) is 11.4 Å². The van der Waals surface area contributed by atoms with Crippen molar-refractivity contribution in [1.82, 2.24) is 0 Å². The van der Waals surface area contributed by atoms with E-state index in [1.54, 1.807) is 12.1 Å². The molecule has 0 bridgehead atoms. The van der Waals surface area contributed by atoms with Gasteiger partial charge in [-0.05, 0) is 48.9 Å². The zero-order valence-corrected chi connectivity index (χ0v) is 18.3. The normalized spacial score (nSPS) is 16.6. The average Bonchev–Trinajstić information content (AvgIpc) is 2.95. The topological polar surface area (TPSA) is 139 Å². The monoisotopic (exact) mass is 458 g/mol. The van der Waals surface area contributed by atoms with E-state index >= 15 is 0 Å². The summed E-state index contributed by atoms with van der Waals surface area (Å²) in [5, 5.41) is 10.8. The molecule has 1 aliphatic heterocycles. The summed E-state index contributed by atoms with van der Waals surface area (Å²) in [5.74, 6) is -1.29. The van der Waals surface area contributed by atoms with Crippen LogP contribution in [-0.2, 0) is 9.53 Å². The number of hydrogen-bond acceptors (Lipinski definition) is 6. The third-order valence-electron chi connectivity index (χ3n) is 5.17. The van der Waals surface area contributed by atoms with Gasteiger partial charge < -0.3 is 21.5 Å². The number of hydrogen-bond donors (Lipinski definition) is 4. The minimum atomic E-state index is -1.26. The van der Waals surface area contributed by atoms with Gasteiger partial charge in [-0.3, -0.25) is 10.2 Å². The minimum Gasteiger partial charge on any atom is -0.407 e. The van der Waals surface area contributed by atoms with Gasteiger partial charge in [-0.25, -0.2) is 9.38 Å². The maximum absolute atomic E-state index is 13.1. The Morgan fingerprint density at radius 2 is 1.88 bits per heavy atom. The van der Waals surface area contributed by atoms with Gasteiger partial charge >= 0.3 is 0 Å². The number of aliphatic imine (C=N–C) groups is 2. The zero-order valence-electron chi connectivity index (χ0n) is 18.3. The number of nitrogens with one attached hydrogen (secondary N) is 2. The van der Waals surface area contributed by atoms with Crippen molar-refractivity contribution in [1.29, 1.82) is 5.41 Å². The minimum absolute atomic E-state index is 0.184. The Labute approximate surface area is 195 Å². The van der Waals surface area contributed by atoms with Gasteiger partial charge in [0.25, 0.3) is 11.9 Å². The van der Waals surface area contributed by atoms with Gasteiger partial charge in [-0.15, -0.1) is 0 Å². The first-order valence-electron chi connectivity index (χ1n) is 10.5. The number of ether oxygens (including phenoxy) is 1. The molecule has 0 spiro atoms. The lowest BCUT2D eigenvalue weighted by Crippen LogP contribution is -2.29. The molecule has 0 radical (unpaired) electrons. The second kappa shape index (κ2) is 9.63. The first-order chi connectivity index (χ1) is 16.3. The van der Waals surface area contributed by atoms with Crippen molar-refractivity contribution < 1.29 is 13.9 Å². The molecule has 0 saturated carbocycles. The number of fused-ring (bicyclic) bond motifs is 1. The standard InChI is InChI=1S/C25H23FN6O2/c1-14(27)16-5-4-6-17(13-16)21-19-7-2-3-8-20(19)30-24(33)23(31-21)32-25(29)34-22(28)15-9-11-18(26)12-10-15/h2-14,23,28H,27H2,1H3,(H2,29,32)(H,30,33). The first kappa shape index (κ1) is 22.8. The van der Waals surface area contributed by atoms with Crippen LogP contribution in [-0.4, -0.2) is 29.7 Å². The van der Waals surface area contributed by atoms with E-state index in [-0.39, 0.29) is 11.9 Å². The molecule has 2 unspecified atom stereocenters. The van der Waals surface area contributed by atoms with E-state index in [9.17, 15) is 9.18 Å². The molecule has 3 aromatic carbocycles. The van der Waals surface area contributed by atoms with Gasteiger partial charge in [0.15, 0.2) is 0 Å². The van der Waals surface area contributed by atoms with Crippen LogP contribution in [0.1, 0.15) is 35.2 Å². The van der Waals surface area contributed by atoms with Crippen LogP contribution >= 0.6 is 0 Å². The summed E-state index contributed by atoms with van der Waals surface area (Å²) < 4.78 is 18.4.